The Bertz CT molecular complexity index is 777. The molecular weight excluding hydrogens is 354 g/mol. The molecular formula is C20H31N7O. The van der Waals surface area contributed by atoms with Crippen molar-refractivity contribution in [3.05, 3.63) is 24.5 Å². The van der Waals surface area contributed by atoms with Crippen LogP contribution in [0.2, 0.25) is 0 Å². The molecule has 152 valence electrons. The number of aromatic nitrogens is 5. The zero-order chi connectivity index (χ0) is 19.5. The number of aryl methyl sites for hydroxylation is 1. The highest BCUT2D eigenvalue weighted by Crippen LogP contribution is 2.29. The molecule has 8 nitrogen and oxygen atoms in total. The number of hydrogen-bond donors (Lipinski definition) is 1. The van der Waals surface area contributed by atoms with Gasteiger partial charge in [0.15, 0.2) is 0 Å². The molecule has 28 heavy (non-hydrogen) atoms. The number of nitrogens with one attached hydrogen (secondary N) is 1. The SMILES string of the molecule is CC(C)[C@@H]1OCCC[C@H]1Nc1cc(N2CCC[C@@H](c3nncn3C)C2)ncn1. The van der Waals surface area contributed by atoms with Gasteiger partial charge in [0.05, 0.1) is 12.1 Å². The zero-order valence-electron chi connectivity index (χ0n) is 17.1. The molecule has 2 aliphatic rings. The van der Waals surface area contributed by atoms with Gasteiger partial charge in [-0.3, -0.25) is 0 Å². The second-order valence-electron chi connectivity index (χ2n) is 8.32. The molecule has 4 rings (SSSR count). The summed E-state index contributed by atoms with van der Waals surface area (Å²) in [4.78, 5) is 11.4. The van der Waals surface area contributed by atoms with Crippen LogP contribution in [0.25, 0.3) is 0 Å². The first-order valence-electron chi connectivity index (χ1n) is 10.4. The molecule has 0 unspecified atom stereocenters. The average molecular weight is 386 g/mol. The van der Waals surface area contributed by atoms with E-state index in [-0.39, 0.29) is 6.10 Å². The predicted molar refractivity (Wildman–Crippen MR) is 108 cm³/mol. The van der Waals surface area contributed by atoms with Gasteiger partial charge in [-0.05, 0) is 31.6 Å². The van der Waals surface area contributed by atoms with Gasteiger partial charge in [-0.2, -0.15) is 0 Å². The van der Waals surface area contributed by atoms with Crippen LogP contribution in [0.15, 0.2) is 18.7 Å². The molecule has 0 saturated carbocycles. The minimum absolute atomic E-state index is 0.224. The highest BCUT2D eigenvalue weighted by atomic mass is 16.5. The van der Waals surface area contributed by atoms with Crippen molar-refractivity contribution in [3.8, 4) is 0 Å². The molecule has 2 aromatic rings. The summed E-state index contributed by atoms with van der Waals surface area (Å²) in [5, 5.41) is 12.0. The van der Waals surface area contributed by atoms with Gasteiger partial charge in [-0.25, -0.2) is 9.97 Å². The summed E-state index contributed by atoms with van der Waals surface area (Å²) in [5.74, 6) is 3.77. The van der Waals surface area contributed by atoms with Crippen LogP contribution in [-0.4, -0.2) is 56.6 Å². The van der Waals surface area contributed by atoms with Crippen molar-refractivity contribution in [2.45, 2.75) is 57.6 Å². The van der Waals surface area contributed by atoms with Crippen molar-refractivity contribution in [1.82, 2.24) is 24.7 Å². The molecule has 4 heterocycles. The molecule has 3 atom stereocenters. The molecule has 0 aromatic carbocycles. The molecule has 0 bridgehead atoms. The van der Waals surface area contributed by atoms with Gasteiger partial charge >= 0.3 is 0 Å². The van der Waals surface area contributed by atoms with Crippen molar-refractivity contribution >= 4 is 11.6 Å². The monoisotopic (exact) mass is 385 g/mol. The molecule has 2 aromatic heterocycles. The van der Waals surface area contributed by atoms with Crippen molar-refractivity contribution < 1.29 is 4.74 Å². The third-order valence-electron chi connectivity index (χ3n) is 5.87. The van der Waals surface area contributed by atoms with Gasteiger partial charge in [0.1, 0.15) is 30.1 Å². The second kappa shape index (κ2) is 8.43. The summed E-state index contributed by atoms with van der Waals surface area (Å²) >= 11 is 0. The van der Waals surface area contributed by atoms with Crippen LogP contribution in [0.1, 0.15) is 51.3 Å². The summed E-state index contributed by atoms with van der Waals surface area (Å²) in [6.45, 7) is 7.20. The van der Waals surface area contributed by atoms with Gasteiger partial charge in [0.2, 0.25) is 0 Å². The maximum absolute atomic E-state index is 6.01. The van der Waals surface area contributed by atoms with E-state index >= 15 is 0 Å². The Morgan fingerprint density at radius 1 is 1.21 bits per heavy atom. The molecule has 0 radical (unpaired) electrons. The minimum Gasteiger partial charge on any atom is -0.376 e. The van der Waals surface area contributed by atoms with Crippen LogP contribution < -0.4 is 10.2 Å². The summed E-state index contributed by atoms with van der Waals surface area (Å²) in [7, 11) is 2.01. The van der Waals surface area contributed by atoms with Gasteiger partial charge in [0, 0.05) is 38.7 Å². The maximum Gasteiger partial charge on any atom is 0.137 e. The lowest BCUT2D eigenvalue weighted by Crippen LogP contribution is -2.43. The lowest BCUT2D eigenvalue weighted by Gasteiger charge is -2.35. The summed E-state index contributed by atoms with van der Waals surface area (Å²) in [6.07, 6.45) is 8.12. The first kappa shape index (κ1) is 19.1. The van der Waals surface area contributed by atoms with Gasteiger partial charge in [-0.1, -0.05) is 13.8 Å². The Hall–Kier alpha value is -2.22. The van der Waals surface area contributed by atoms with Crippen LogP contribution in [-0.2, 0) is 11.8 Å². The van der Waals surface area contributed by atoms with Crippen molar-refractivity contribution in [2.75, 3.05) is 29.9 Å². The first-order valence-corrected chi connectivity index (χ1v) is 10.4. The Morgan fingerprint density at radius 2 is 2.11 bits per heavy atom. The van der Waals surface area contributed by atoms with Gasteiger partial charge < -0.3 is 19.5 Å². The van der Waals surface area contributed by atoms with E-state index in [0.29, 0.717) is 17.9 Å². The molecule has 1 N–H and O–H groups in total. The fourth-order valence-corrected chi connectivity index (χ4v) is 4.46. The van der Waals surface area contributed by atoms with E-state index in [2.05, 4.69) is 50.3 Å². The number of hydrogen-bond acceptors (Lipinski definition) is 7. The Kier molecular flexibility index (Phi) is 5.75. The van der Waals surface area contributed by atoms with Crippen LogP contribution in [0.3, 0.4) is 0 Å². The van der Waals surface area contributed by atoms with E-state index in [9.17, 15) is 0 Å². The quantitative estimate of drug-likeness (QED) is 0.847. The second-order valence-corrected chi connectivity index (χ2v) is 8.32. The number of nitrogens with zero attached hydrogens (tertiary/aromatic N) is 6. The van der Waals surface area contributed by atoms with E-state index in [1.807, 2.05) is 11.6 Å². The number of piperidine rings is 1. The Balaban J connectivity index is 1.46. The number of rotatable bonds is 5. The topological polar surface area (TPSA) is 81.0 Å². The van der Waals surface area contributed by atoms with Gasteiger partial charge in [0.25, 0.3) is 0 Å². The minimum atomic E-state index is 0.224. The fraction of sp³-hybridized carbons (Fsp3) is 0.700. The molecule has 0 spiro atoms. The van der Waals surface area contributed by atoms with E-state index in [0.717, 1.165) is 62.8 Å². The van der Waals surface area contributed by atoms with Crippen LogP contribution >= 0.6 is 0 Å². The summed E-state index contributed by atoms with van der Waals surface area (Å²) < 4.78 is 8.03. The fourth-order valence-electron chi connectivity index (χ4n) is 4.46. The summed E-state index contributed by atoms with van der Waals surface area (Å²) in [5.41, 5.74) is 0. The van der Waals surface area contributed by atoms with Crippen molar-refractivity contribution in [3.63, 3.8) is 0 Å². The normalized spacial score (nSPS) is 25.9. The van der Waals surface area contributed by atoms with Crippen LogP contribution in [0.4, 0.5) is 11.6 Å². The first-order chi connectivity index (χ1) is 13.6. The van der Waals surface area contributed by atoms with Crippen LogP contribution in [0, 0.1) is 5.92 Å². The molecule has 0 amide bonds. The lowest BCUT2D eigenvalue weighted by atomic mass is 9.93. The van der Waals surface area contributed by atoms with E-state index < -0.39 is 0 Å². The third kappa shape index (κ3) is 4.11. The molecule has 0 aliphatic carbocycles. The Morgan fingerprint density at radius 3 is 2.89 bits per heavy atom. The predicted octanol–water partition coefficient (Wildman–Crippen LogP) is 2.60. The molecule has 2 fully saturated rings. The Labute approximate surface area is 166 Å². The summed E-state index contributed by atoms with van der Waals surface area (Å²) in [6, 6.07) is 2.37. The highest BCUT2D eigenvalue weighted by Gasteiger charge is 2.29. The third-order valence-corrected chi connectivity index (χ3v) is 5.87. The largest absolute Gasteiger partial charge is 0.376 e. The number of ether oxygens (including phenoxy) is 1. The van der Waals surface area contributed by atoms with Gasteiger partial charge in [-0.15, -0.1) is 10.2 Å². The number of anilines is 2. The highest BCUT2D eigenvalue weighted by molar-refractivity contribution is 5.49. The average Bonchev–Trinajstić information content (AvgIpc) is 3.14. The lowest BCUT2D eigenvalue weighted by molar-refractivity contribution is -0.0203. The standard InChI is InChI=1S/C20H31N7O/c1-14(2)19-16(7-5-9-28-19)24-17-10-18(22-12-21-17)27-8-4-6-15(11-27)20-25-23-13-26(20)3/h10,12-16,19H,4-9,11H2,1-3H3,(H,21,22,24)/t15-,16-,19+/m1/s1. The van der Waals surface area contributed by atoms with Crippen molar-refractivity contribution in [2.24, 2.45) is 13.0 Å². The molecule has 8 heteroatoms. The molecule has 2 aliphatic heterocycles. The zero-order valence-corrected chi connectivity index (χ0v) is 17.1. The smallest absolute Gasteiger partial charge is 0.137 e. The van der Waals surface area contributed by atoms with Crippen molar-refractivity contribution in [1.29, 1.82) is 0 Å². The molecule has 2 saturated heterocycles. The van der Waals surface area contributed by atoms with E-state index in [4.69, 9.17) is 4.74 Å². The maximum atomic E-state index is 6.01. The van der Waals surface area contributed by atoms with E-state index in [1.54, 1.807) is 12.7 Å². The van der Waals surface area contributed by atoms with E-state index in [1.165, 1.54) is 0 Å². The van der Waals surface area contributed by atoms with Crippen LogP contribution in [0.5, 0.6) is 0 Å².